The maximum Gasteiger partial charge on any atom is 0.357 e. The number of ether oxygens (including phenoxy) is 1. The molecule has 0 saturated carbocycles. The number of cyclic esters (lactones) is 1. The van der Waals surface area contributed by atoms with Crippen LogP contribution in [-0.4, -0.2) is 204 Å². The van der Waals surface area contributed by atoms with E-state index in [0.717, 1.165) is 57.5 Å². The molecule has 114 heavy (non-hydrogen) atoms. The molecule has 11 amide bonds. The Kier molecular flexibility index (Phi) is 26.9. The molecule has 608 valence electrons. The van der Waals surface area contributed by atoms with Crippen molar-refractivity contribution in [2.45, 2.75) is 184 Å². The van der Waals surface area contributed by atoms with Crippen molar-refractivity contribution in [2.75, 3.05) is 11.5 Å². The number of aliphatic hydroxyl groups excluding tert-OH is 4. The first-order valence-electron chi connectivity index (χ1n) is 35.8. The van der Waals surface area contributed by atoms with Gasteiger partial charge >= 0.3 is 5.97 Å². The molecule has 13 bridgehead atoms. The predicted molar refractivity (Wildman–Crippen MR) is 420 cm³/mol. The van der Waals surface area contributed by atoms with E-state index in [0.29, 0.717) is 6.42 Å². The average molecular weight is 1670 g/mol. The predicted octanol–water partition coefficient (Wildman–Crippen LogP) is -0.188. The highest BCUT2D eigenvalue weighted by atomic mass is 32.2. The summed E-state index contributed by atoms with van der Waals surface area (Å²) in [6.45, 7) is 25.0. The molecule has 6 aliphatic rings. The highest BCUT2D eigenvalue weighted by Gasteiger charge is 2.51. The van der Waals surface area contributed by atoms with Crippen LogP contribution in [0.2, 0.25) is 0 Å². The highest BCUT2D eigenvalue weighted by Crippen LogP contribution is 2.46. The van der Waals surface area contributed by atoms with Crippen molar-refractivity contribution in [3.8, 4) is 0 Å². The molecule has 0 spiro atoms. The third-order valence-electron chi connectivity index (χ3n) is 19.6. The van der Waals surface area contributed by atoms with Gasteiger partial charge in [0.05, 0.1) is 76.3 Å². The smallest absolute Gasteiger partial charge is 0.357 e. The van der Waals surface area contributed by atoms with Crippen LogP contribution in [0.15, 0.2) is 98.6 Å². The van der Waals surface area contributed by atoms with E-state index in [1.165, 1.54) is 76.7 Å². The average Bonchev–Trinajstić information content (AvgIpc) is 1.47. The van der Waals surface area contributed by atoms with E-state index in [2.05, 4.69) is 98.5 Å². The van der Waals surface area contributed by atoms with Crippen LogP contribution < -0.4 is 69.5 Å². The van der Waals surface area contributed by atoms with Crippen LogP contribution in [0.1, 0.15) is 181 Å². The monoisotopic (exact) mass is 1670 g/mol. The molecular weight excluding hydrogens is 1580 g/mol. The lowest BCUT2D eigenvalue weighted by Crippen LogP contribution is -2.60. The molecular formula is C72H87N19O18S5. The van der Waals surface area contributed by atoms with Crippen molar-refractivity contribution in [1.82, 2.24) is 83.7 Å². The first kappa shape index (κ1) is 86.1. The number of allylic oxidation sites excluding steroid dienone is 1. The van der Waals surface area contributed by atoms with Crippen LogP contribution in [-0.2, 0) is 53.4 Å². The number of pyridine rings is 1. The summed E-state index contributed by atoms with van der Waals surface area (Å²) in [5, 5.41) is 94.7. The van der Waals surface area contributed by atoms with Crippen molar-refractivity contribution >= 4 is 145 Å². The first-order chi connectivity index (χ1) is 53.7. The summed E-state index contributed by atoms with van der Waals surface area (Å²) in [4.78, 5) is 199. The summed E-state index contributed by atoms with van der Waals surface area (Å²) in [6, 6.07) is -12.6. The SMILES string of the molecule is C=C(NC(=O)C(=C)NC(=O)C1CSC(C2=CC[C@]34NC(=O)[C@H](C)NC(=O)C(=C)NC(=O)[C@H](C)NC(=O)[C@H]([C@@H](C)CC)N[C@@H]5C=Cc6c([C@H](C)O)cc(nc6[C@H]5O)C(=O)O[C@H](C)[C@H](NC(=O)c5csc(n5)[C@H]([C@](C)(O)[C@@H](C)O)NC(=O)[C@H]5CSC(=N5)/C(=C/C)NC(=O)[C@H]([C@@H](C)O)NC(=O)c5csc3n5)c3nc(cs3)[C@H]4N2)=N1)C(N)=O. The van der Waals surface area contributed by atoms with E-state index in [9.17, 15) is 68.7 Å². The number of aromatic nitrogens is 4. The van der Waals surface area contributed by atoms with Crippen molar-refractivity contribution in [2.24, 2.45) is 21.6 Å². The number of amides is 11. The van der Waals surface area contributed by atoms with Crippen LogP contribution >= 0.6 is 57.5 Å². The number of esters is 1. The summed E-state index contributed by atoms with van der Waals surface area (Å²) in [7, 11) is 0. The van der Waals surface area contributed by atoms with Crippen LogP contribution in [0, 0.1) is 5.92 Å². The summed E-state index contributed by atoms with van der Waals surface area (Å²) in [5.41, 5.74) is -1.28. The second-order valence-corrected chi connectivity index (χ2v) is 32.6. The van der Waals surface area contributed by atoms with Gasteiger partial charge < -0.3 is 94.5 Å². The number of carbonyl (C=O) groups excluding carboxylic acids is 12. The number of hydrogen-bond acceptors (Lipinski definition) is 31. The number of nitrogens with two attached hydrogens (primary N) is 1. The minimum absolute atomic E-state index is 0.0126. The molecule has 5 aliphatic heterocycles. The van der Waals surface area contributed by atoms with Gasteiger partial charge in [0, 0.05) is 33.2 Å². The van der Waals surface area contributed by atoms with E-state index in [1.54, 1.807) is 32.1 Å². The van der Waals surface area contributed by atoms with Crippen molar-refractivity contribution < 1.29 is 87.8 Å². The third kappa shape index (κ3) is 18.7. The fourth-order valence-electron chi connectivity index (χ4n) is 12.4. The number of aliphatic imine (C=N–C) groups is 2. The summed E-state index contributed by atoms with van der Waals surface area (Å²) in [5.74, 6) is -12.0. The molecule has 37 nitrogen and oxygen atoms in total. The molecule has 0 fully saturated rings. The number of thioether (sulfide) groups is 2. The zero-order valence-electron chi connectivity index (χ0n) is 63.2. The molecule has 4 aromatic heterocycles. The van der Waals surface area contributed by atoms with Gasteiger partial charge in [0.15, 0.2) is 0 Å². The maximum absolute atomic E-state index is 15.4. The number of hydrogen-bond donors (Lipinski definition) is 18. The molecule has 10 rings (SSSR count). The summed E-state index contributed by atoms with van der Waals surface area (Å²) in [6.07, 6.45) is -1.47. The molecule has 0 aromatic carbocycles. The van der Waals surface area contributed by atoms with Gasteiger partial charge in [-0.2, -0.15) is 0 Å². The Bertz CT molecular complexity index is 4770. The third-order valence-corrected chi connectivity index (χ3v) is 24.6. The second kappa shape index (κ2) is 35.6. The fraction of sp³-hybridized carbons (Fsp3) is 0.444. The van der Waals surface area contributed by atoms with Crippen LogP contribution in [0.3, 0.4) is 0 Å². The number of aliphatic hydroxyl groups is 5. The number of thiazole rings is 3. The summed E-state index contributed by atoms with van der Waals surface area (Å²) >= 11 is 4.62. The lowest BCUT2D eigenvalue weighted by Gasteiger charge is -2.43. The Balaban J connectivity index is 1.16. The van der Waals surface area contributed by atoms with Gasteiger partial charge in [0.1, 0.15) is 108 Å². The fourth-order valence-corrected chi connectivity index (χ4v) is 17.5. The van der Waals surface area contributed by atoms with E-state index < -0.39 is 202 Å². The second-order valence-electron chi connectivity index (χ2n) is 28.0. The number of rotatable bonds is 12. The molecule has 9 heterocycles. The molecule has 18 atom stereocenters. The number of fused-ring (bicyclic) bond motifs is 7. The Morgan fingerprint density at radius 3 is 2.11 bits per heavy atom. The number of carbonyl (C=O) groups is 12. The first-order valence-corrected chi connectivity index (χ1v) is 40.4. The zero-order valence-corrected chi connectivity index (χ0v) is 67.2. The highest BCUT2D eigenvalue weighted by molar-refractivity contribution is 8.15. The van der Waals surface area contributed by atoms with Gasteiger partial charge in [-0.3, -0.25) is 68.0 Å². The van der Waals surface area contributed by atoms with Gasteiger partial charge in [0.25, 0.3) is 29.5 Å². The van der Waals surface area contributed by atoms with Crippen molar-refractivity contribution in [3.63, 3.8) is 0 Å². The topological polar surface area (TPSA) is 562 Å². The molecule has 42 heteroatoms. The minimum atomic E-state index is -2.20. The molecule has 1 aliphatic carbocycles. The zero-order chi connectivity index (χ0) is 83.4. The normalized spacial score (nSPS) is 28.1. The van der Waals surface area contributed by atoms with E-state index in [1.807, 2.05) is 6.92 Å². The minimum Gasteiger partial charge on any atom is -0.455 e. The number of nitrogens with one attached hydrogen (secondary N) is 12. The van der Waals surface area contributed by atoms with E-state index >= 15 is 14.4 Å². The number of primary amides is 1. The van der Waals surface area contributed by atoms with Crippen LogP contribution in [0.25, 0.3) is 6.08 Å². The van der Waals surface area contributed by atoms with Gasteiger partial charge in [-0.05, 0) is 79.4 Å². The lowest BCUT2D eigenvalue weighted by atomic mass is 9.81. The Morgan fingerprint density at radius 1 is 0.754 bits per heavy atom. The molecule has 0 radical (unpaired) electrons. The van der Waals surface area contributed by atoms with E-state index in [4.69, 9.17) is 25.4 Å². The standard InChI is InChI=1S/C72H87N19O18S5/c1-14-26(3)47-63(105)78-30(7)57(99)75-28(5)56(98)76-31(8)58(100)91-72-19-18-40(66-85-43(22-111-66)59(101)77-29(6)55(97)74-27(4)54(73)96)81-52(72)42-21-112-67(83-42)49(34(11)109-69(107)41-20-37(32(9)92)36-16-17-39(79-47)51(95)50(36)80-41)89-60(102)44-24-113-68(86-44)53(71(13,108)35(12)94)90-62(104)45-23-110-65(84-45)38(15-2)82-64(106)48(33(10)93)88-61(103)46-25-114-70(72)87-46/h15-18,20-21,24-26,30-35,39,43,45,47-49,51-53,79,81,92-95,108H,4-6,14,19,22-23H2,1-3,7-13H3,(H2,73,96)(H,74,97)(H,75,99)(H,76,98)(H,77,101)(H,78,105)(H,82,106)(H,88,103)(H,89,102)(H,90,104)(H,91,100)/b38-15-/t26-,30-,31-,32-,33+,34+,35+,39+,43?,45+,47-,48-,49-,51-,52+,53+,71+,72+/m0/s1. The maximum atomic E-state index is 15.4. The Morgan fingerprint density at radius 2 is 1.43 bits per heavy atom. The van der Waals surface area contributed by atoms with Gasteiger partial charge in [-0.15, -0.1) is 57.5 Å². The molecule has 0 saturated heterocycles. The lowest BCUT2D eigenvalue weighted by molar-refractivity contribution is -0.131. The Hall–Kier alpha value is -10.3. The van der Waals surface area contributed by atoms with Crippen molar-refractivity contribution in [3.05, 3.63) is 143 Å². The Labute approximate surface area is 672 Å². The van der Waals surface area contributed by atoms with Crippen LogP contribution in [0.5, 0.6) is 0 Å². The van der Waals surface area contributed by atoms with Gasteiger partial charge in [-0.1, -0.05) is 64.3 Å². The van der Waals surface area contributed by atoms with Crippen LogP contribution in [0.4, 0.5) is 0 Å². The van der Waals surface area contributed by atoms with Crippen molar-refractivity contribution in [1.29, 1.82) is 0 Å². The summed E-state index contributed by atoms with van der Waals surface area (Å²) < 4.78 is 6.27. The van der Waals surface area contributed by atoms with Gasteiger partial charge in [0.2, 0.25) is 35.4 Å². The molecule has 4 aromatic rings. The number of nitrogens with zero attached hydrogens (tertiary/aromatic N) is 6. The van der Waals surface area contributed by atoms with Gasteiger partial charge in [-0.25, -0.2) is 24.7 Å². The molecule has 19 N–H and O–H groups in total. The van der Waals surface area contributed by atoms with E-state index in [-0.39, 0.29) is 88.3 Å². The molecule has 1 unspecified atom stereocenters. The largest absolute Gasteiger partial charge is 0.455 e. The quantitative estimate of drug-likeness (QED) is 0.0646.